The lowest BCUT2D eigenvalue weighted by atomic mass is 9.68. The number of carbonyl (C=O) groups is 2. The smallest absolute Gasteiger partial charge is 0.336 e. The summed E-state index contributed by atoms with van der Waals surface area (Å²) in [6, 6.07) is 7.57. The Morgan fingerprint density at radius 1 is 1.26 bits per heavy atom. The highest BCUT2D eigenvalue weighted by Gasteiger charge is 2.44. The number of carbonyl (C=O) groups excluding carboxylic acids is 2. The van der Waals surface area contributed by atoms with Crippen molar-refractivity contribution in [3.05, 3.63) is 52.4 Å². The van der Waals surface area contributed by atoms with E-state index >= 15 is 0 Å². The van der Waals surface area contributed by atoms with E-state index in [1.807, 2.05) is 31.2 Å². The molecule has 31 heavy (non-hydrogen) atoms. The summed E-state index contributed by atoms with van der Waals surface area (Å²) in [6.45, 7) is 7.00. The third kappa shape index (κ3) is 4.26. The van der Waals surface area contributed by atoms with Crippen molar-refractivity contribution in [2.45, 2.75) is 58.5 Å². The van der Waals surface area contributed by atoms with E-state index in [4.69, 9.17) is 14.2 Å². The SMILES string of the molecule is COc1ccccc1[C@H]1C(C(=O)OC[C@H]2CCCO2)=C(C)NC2=C1C(=O)CC(C)(C)C2. The Bertz CT molecular complexity index is 952. The first-order valence-corrected chi connectivity index (χ1v) is 11.0. The predicted molar refractivity (Wildman–Crippen MR) is 117 cm³/mol. The molecule has 1 N–H and O–H groups in total. The number of methoxy groups -OCH3 is 1. The molecule has 0 amide bonds. The van der Waals surface area contributed by atoms with Gasteiger partial charge in [0.1, 0.15) is 12.4 Å². The van der Waals surface area contributed by atoms with E-state index in [2.05, 4.69) is 19.2 Å². The second-order valence-electron chi connectivity index (χ2n) is 9.41. The lowest BCUT2D eigenvalue weighted by Crippen LogP contribution is -2.39. The number of para-hydroxylation sites is 1. The Balaban J connectivity index is 1.75. The molecule has 6 heteroatoms. The number of dihydropyridines is 1. The number of ether oxygens (including phenoxy) is 3. The van der Waals surface area contributed by atoms with Crippen molar-refractivity contribution in [2.24, 2.45) is 5.41 Å². The van der Waals surface area contributed by atoms with Crippen LogP contribution in [0.25, 0.3) is 0 Å². The molecule has 1 saturated heterocycles. The van der Waals surface area contributed by atoms with Gasteiger partial charge in [-0.3, -0.25) is 4.79 Å². The van der Waals surface area contributed by atoms with Gasteiger partial charge in [0.2, 0.25) is 0 Å². The first-order valence-electron chi connectivity index (χ1n) is 11.0. The van der Waals surface area contributed by atoms with Gasteiger partial charge in [0, 0.05) is 35.6 Å². The predicted octanol–water partition coefficient (Wildman–Crippen LogP) is 4.02. The lowest BCUT2D eigenvalue weighted by molar-refractivity contribution is -0.142. The molecule has 1 fully saturated rings. The van der Waals surface area contributed by atoms with E-state index in [1.165, 1.54) is 0 Å². The van der Waals surface area contributed by atoms with Crippen molar-refractivity contribution in [2.75, 3.05) is 20.3 Å². The summed E-state index contributed by atoms with van der Waals surface area (Å²) in [6.07, 6.45) is 3.00. The summed E-state index contributed by atoms with van der Waals surface area (Å²) in [4.78, 5) is 26.6. The van der Waals surface area contributed by atoms with Crippen LogP contribution in [0.1, 0.15) is 57.9 Å². The van der Waals surface area contributed by atoms with Crippen molar-refractivity contribution in [3.63, 3.8) is 0 Å². The molecule has 2 heterocycles. The van der Waals surface area contributed by atoms with Crippen LogP contribution < -0.4 is 10.1 Å². The number of Topliss-reactive ketones (excluding diaryl/α,β-unsaturated/α-hetero) is 1. The Morgan fingerprint density at radius 3 is 2.74 bits per heavy atom. The molecule has 0 radical (unpaired) electrons. The highest BCUT2D eigenvalue weighted by atomic mass is 16.6. The van der Waals surface area contributed by atoms with Gasteiger partial charge in [0.05, 0.1) is 24.7 Å². The number of allylic oxidation sites excluding steroid dienone is 3. The fourth-order valence-corrected chi connectivity index (χ4v) is 4.94. The number of benzene rings is 1. The van der Waals surface area contributed by atoms with Crippen LogP contribution in [-0.2, 0) is 19.1 Å². The molecule has 2 atom stereocenters. The molecule has 1 aromatic carbocycles. The van der Waals surface area contributed by atoms with Gasteiger partial charge in [-0.25, -0.2) is 4.79 Å². The monoisotopic (exact) mass is 425 g/mol. The maximum atomic E-state index is 13.3. The van der Waals surface area contributed by atoms with Crippen LogP contribution in [0.3, 0.4) is 0 Å². The first-order chi connectivity index (χ1) is 14.8. The minimum absolute atomic E-state index is 0.0574. The third-order valence-electron chi connectivity index (χ3n) is 6.33. The molecular formula is C25H31NO5. The minimum Gasteiger partial charge on any atom is -0.496 e. The van der Waals surface area contributed by atoms with Crippen LogP contribution >= 0.6 is 0 Å². The van der Waals surface area contributed by atoms with Crippen LogP contribution in [-0.4, -0.2) is 38.2 Å². The molecule has 6 nitrogen and oxygen atoms in total. The molecule has 0 aromatic heterocycles. The van der Waals surface area contributed by atoms with E-state index in [1.54, 1.807) is 7.11 Å². The minimum atomic E-state index is -0.520. The summed E-state index contributed by atoms with van der Waals surface area (Å²) >= 11 is 0. The fourth-order valence-electron chi connectivity index (χ4n) is 4.94. The van der Waals surface area contributed by atoms with Crippen molar-refractivity contribution in [1.29, 1.82) is 0 Å². The molecule has 0 spiro atoms. The van der Waals surface area contributed by atoms with Crippen LogP contribution in [0.2, 0.25) is 0 Å². The molecule has 4 rings (SSSR count). The zero-order valence-electron chi connectivity index (χ0n) is 18.7. The number of esters is 1. The number of ketones is 1. The summed E-state index contributed by atoms with van der Waals surface area (Å²) < 4.78 is 16.9. The summed E-state index contributed by atoms with van der Waals surface area (Å²) in [5.41, 5.74) is 3.40. The highest BCUT2D eigenvalue weighted by Crippen LogP contribution is 2.48. The Kier molecular flexibility index (Phi) is 5.93. The maximum Gasteiger partial charge on any atom is 0.336 e. The zero-order valence-corrected chi connectivity index (χ0v) is 18.7. The van der Waals surface area contributed by atoms with Gasteiger partial charge in [-0.15, -0.1) is 0 Å². The number of rotatable bonds is 5. The molecule has 1 aromatic rings. The van der Waals surface area contributed by atoms with Crippen molar-refractivity contribution < 1.29 is 23.8 Å². The van der Waals surface area contributed by atoms with Crippen LogP contribution in [0.4, 0.5) is 0 Å². The van der Waals surface area contributed by atoms with Crippen molar-refractivity contribution in [1.82, 2.24) is 5.32 Å². The molecular weight excluding hydrogens is 394 g/mol. The standard InChI is InChI=1S/C25H31NO5/c1-15-21(24(28)31-14-16-8-7-11-30-16)22(17-9-5-6-10-20(17)29-4)23-18(26-15)12-25(2,3)13-19(23)27/h5-6,9-10,16,22,26H,7-8,11-14H2,1-4H3/t16-,22+/m1/s1. The van der Waals surface area contributed by atoms with E-state index < -0.39 is 11.9 Å². The molecule has 0 saturated carbocycles. The van der Waals surface area contributed by atoms with Gasteiger partial charge >= 0.3 is 5.97 Å². The summed E-state index contributed by atoms with van der Waals surface area (Å²) in [7, 11) is 1.60. The van der Waals surface area contributed by atoms with Gasteiger partial charge in [0.25, 0.3) is 0 Å². The average molecular weight is 426 g/mol. The van der Waals surface area contributed by atoms with Crippen molar-refractivity contribution in [3.8, 4) is 5.75 Å². The number of hydrogen-bond acceptors (Lipinski definition) is 6. The van der Waals surface area contributed by atoms with Crippen LogP contribution in [0, 0.1) is 5.41 Å². The van der Waals surface area contributed by atoms with E-state index in [9.17, 15) is 9.59 Å². The summed E-state index contributed by atoms with van der Waals surface area (Å²) in [5.74, 6) is -0.226. The molecule has 0 bridgehead atoms. The Labute approximate surface area is 183 Å². The third-order valence-corrected chi connectivity index (χ3v) is 6.33. The largest absolute Gasteiger partial charge is 0.496 e. The quantitative estimate of drug-likeness (QED) is 0.719. The molecule has 0 unspecified atom stereocenters. The van der Waals surface area contributed by atoms with Crippen molar-refractivity contribution >= 4 is 11.8 Å². The first kappa shape index (κ1) is 21.6. The molecule has 2 aliphatic heterocycles. The van der Waals surface area contributed by atoms with Crippen LogP contribution in [0.5, 0.6) is 5.75 Å². The average Bonchev–Trinajstić information content (AvgIpc) is 3.23. The topological polar surface area (TPSA) is 73.9 Å². The van der Waals surface area contributed by atoms with Gasteiger partial charge in [-0.1, -0.05) is 32.0 Å². The fraction of sp³-hybridized carbons (Fsp3) is 0.520. The normalized spacial score (nSPS) is 25.2. The summed E-state index contributed by atoms with van der Waals surface area (Å²) in [5, 5.41) is 3.37. The van der Waals surface area contributed by atoms with E-state index in [0.29, 0.717) is 29.9 Å². The molecule has 1 aliphatic carbocycles. The van der Waals surface area contributed by atoms with Crippen LogP contribution in [0.15, 0.2) is 46.8 Å². The van der Waals surface area contributed by atoms with E-state index in [-0.39, 0.29) is 23.9 Å². The lowest BCUT2D eigenvalue weighted by Gasteiger charge is -2.39. The second kappa shape index (κ2) is 8.50. The van der Waals surface area contributed by atoms with Gasteiger partial charge in [-0.05, 0) is 37.7 Å². The molecule has 166 valence electrons. The number of hydrogen-bond donors (Lipinski definition) is 1. The van der Waals surface area contributed by atoms with E-state index in [0.717, 1.165) is 36.2 Å². The van der Waals surface area contributed by atoms with Gasteiger partial charge in [0.15, 0.2) is 5.78 Å². The zero-order chi connectivity index (χ0) is 22.2. The number of nitrogens with one attached hydrogen (secondary N) is 1. The second-order valence-corrected chi connectivity index (χ2v) is 9.41. The Morgan fingerprint density at radius 2 is 2.03 bits per heavy atom. The van der Waals surface area contributed by atoms with Gasteiger partial charge < -0.3 is 19.5 Å². The highest BCUT2D eigenvalue weighted by molar-refractivity contribution is 6.04. The maximum absolute atomic E-state index is 13.3. The molecule has 3 aliphatic rings. The Hall–Kier alpha value is -2.60. The van der Waals surface area contributed by atoms with Gasteiger partial charge in [-0.2, -0.15) is 0 Å².